The number of benzene rings is 8. The lowest BCUT2D eigenvalue weighted by molar-refractivity contribution is 0.668. The summed E-state index contributed by atoms with van der Waals surface area (Å²) in [7, 11) is 0. The number of rotatable bonds is 4. The van der Waals surface area contributed by atoms with Gasteiger partial charge in [0.25, 0.3) is 0 Å². The fourth-order valence-corrected chi connectivity index (χ4v) is 7.93. The second kappa shape index (κ2) is 10.8. The second-order valence-corrected chi connectivity index (χ2v) is 13.3. The molecule has 0 aliphatic rings. The molecule has 238 valence electrons. The lowest BCUT2D eigenvalue weighted by Gasteiger charge is -2.08. The number of nitrogens with zero attached hydrogens (tertiary/aromatic N) is 1. The van der Waals surface area contributed by atoms with Gasteiger partial charge in [0, 0.05) is 38.0 Å². The van der Waals surface area contributed by atoms with Gasteiger partial charge in [-0.05, 0) is 106 Å². The van der Waals surface area contributed by atoms with Crippen LogP contribution in [0.3, 0.4) is 0 Å². The van der Waals surface area contributed by atoms with Gasteiger partial charge in [0.15, 0.2) is 0 Å². The van der Waals surface area contributed by atoms with Gasteiger partial charge >= 0.3 is 0 Å². The summed E-state index contributed by atoms with van der Waals surface area (Å²) < 4.78 is 15.0. The summed E-state index contributed by atoms with van der Waals surface area (Å²) in [5.74, 6) is 0. The summed E-state index contributed by atoms with van der Waals surface area (Å²) >= 11 is 0. The molecule has 3 heteroatoms. The number of para-hydroxylation sites is 2. The first-order chi connectivity index (χ1) is 25.2. The zero-order chi connectivity index (χ0) is 33.5. The molecule has 8 aromatic carbocycles. The zero-order valence-corrected chi connectivity index (χ0v) is 27.5. The van der Waals surface area contributed by atoms with E-state index in [-0.39, 0.29) is 0 Å². The van der Waals surface area contributed by atoms with Crippen LogP contribution in [0.25, 0.3) is 105 Å². The molecule has 0 spiro atoms. The van der Waals surface area contributed by atoms with E-state index in [2.05, 4.69) is 180 Å². The van der Waals surface area contributed by atoms with Crippen molar-refractivity contribution in [3.8, 4) is 39.1 Å². The maximum Gasteiger partial charge on any atom is 0.135 e. The van der Waals surface area contributed by atoms with Crippen LogP contribution < -0.4 is 0 Å². The van der Waals surface area contributed by atoms with Crippen LogP contribution in [0.1, 0.15) is 0 Å². The lowest BCUT2D eigenvalue weighted by Crippen LogP contribution is -1.93. The van der Waals surface area contributed by atoms with Gasteiger partial charge in [0.2, 0.25) is 0 Å². The molecule has 0 aliphatic carbocycles. The van der Waals surface area contributed by atoms with Crippen molar-refractivity contribution in [1.82, 2.24) is 4.57 Å². The summed E-state index contributed by atoms with van der Waals surface area (Å²) in [5.41, 5.74) is 14.1. The van der Waals surface area contributed by atoms with Crippen molar-refractivity contribution in [3.05, 3.63) is 176 Å². The van der Waals surface area contributed by atoms with Crippen LogP contribution in [0.4, 0.5) is 0 Å². The number of aromatic nitrogens is 1. The van der Waals surface area contributed by atoms with Crippen molar-refractivity contribution in [2.45, 2.75) is 0 Å². The standard InChI is InChI=1S/C48H29NO2/c1-2-9-30(10-3-1)33-17-21-45-39(26-33)40-27-34(18-22-46(40)50-45)31-11-8-12-32(25-31)35-19-23-47-41(28-35)42-29-36(20-24-48(42)51-47)49-43-15-6-4-13-37(43)38-14-5-7-16-44(38)49/h1-29H. The molecule has 0 saturated carbocycles. The molecule has 0 aliphatic heterocycles. The Labute approximate surface area is 293 Å². The van der Waals surface area contributed by atoms with Crippen LogP contribution >= 0.6 is 0 Å². The Balaban J connectivity index is 1.01. The molecule has 0 radical (unpaired) electrons. The third-order valence-corrected chi connectivity index (χ3v) is 10.4. The molecule has 0 atom stereocenters. The summed E-state index contributed by atoms with van der Waals surface area (Å²) in [6.07, 6.45) is 0. The molecule has 3 heterocycles. The van der Waals surface area contributed by atoms with Crippen molar-refractivity contribution in [1.29, 1.82) is 0 Å². The van der Waals surface area contributed by atoms with E-state index in [9.17, 15) is 0 Å². The summed E-state index contributed by atoms with van der Waals surface area (Å²) in [5, 5.41) is 6.97. The third kappa shape index (κ3) is 4.38. The Bertz CT molecular complexity index is 3090. The minimum absolute atomic E-state index is 0.886. The zero-order valence-electron chi connectivity index (χ0n) is 27.5. The highest BCUT2D eigenvalue weighted by Crippen LogP contribution is 2.39. The Morgan fingerprint density at radius 3 is 1.24 bits per heavy atom. The molecule has 0 N–H and O–H groups in total. The van der Waals surface area contributed by atoms with Gasteiger partial charge in [0.05, 0.1) is 11.0 Å². The first-order valence-electron chi connectivity index (χ1n) is 17.3. The van der Waals surface area contributed by atoms with Crippen LogP contribution in [-0.2, 0) is 0 Å². The maximum absolute atomic E-state index is 6.37. The van der Waals surface area contributed by atoms with Crippen molar-refractivity contribution in [3.63, 3.8) is 0 Å². The normalized spacial score (nSPS) is 11.9. The number of hydrogen-bond acceptors (Lipinski definition) is 2. The third-order valence-electron chi connectivity index (χ3n) is 10.4. The van der Waals surface area contributed by atoms with E-state index in [1.165, 1.54) is 32.9 Å². The van der Waals surface area contributed by atoms with Crippen molar-refractivity contribution in [2.75, 3.05) is 0 Å². The first-order valence-corrected chi connectivity index (χ1v) is 17.3. The van der Waals surface area contributed by atoms with Crippen molar-refractivity contribution < 1.29 is 8.83 Å². The van der Waals surface area contributed by atoms with Crippen molar-refractivity contribution >= 4 is 65.7 Å². The predicted octanol–water partition coefficient (Wildman–Crippen LogP) is 13.6. The molecule has 3 aromatic heterocycles. The number of fused-ring (bicyclic) bond motifs is 9. The quantitative estimate of drug-likeness (QED) is 0.190. The maximum atomic E-state index is 6.37. The molecule has 0 bridgehead atoms. The van der Waals surface area contributed by atoms with Crippen LogP contribution in [0, 0.1) is 0 Å². The molecule has 0 unspecified atom stereocenters. The Morgan fingerprint density at radius 1 is 0.275 bits per heavy atom. The molecule has 11 rings (SSSR count). The average molecular weight is 652 g/mol. The highest BCUT2D eigenvalue weighted by molar-refractivity contribution is 6.11. The topological polar surface area (TPSA) is 31.2 Å². The van der Waals surface area contributed by atoms with Crippen LogP contribution in [0.2, 0.25) is 0 Å². The van der Waals surface area contributed by atoms with E-state index in [0.717, 1.165) is 71.8 Å². The minimum Gasteiger partial charge on any atom is -0.456 e. The highest BCUT2D eigenvalue weighted by Gasteiger charge is 2.15. The largest absolute Gasteiger partial charge is 0.456 e. The van der Waals surface area contributed by atoms with Gasteiger partial charge < -0.3 is 13.4 Å². The van der Waals surface area contributed by atoms with Gasteiger partial charge in [0.1, 0.15) is 22.3 Å². The molecular weight excluding hydrogens is 623 g/mol. The van der Waals surface area contributed by atoms with Crippen molar-refractivity contribution in [2.24, 2.45) is 0 Å². The van der Waals surface area contributed by atoms with E-state index in [1.807, 2.05) is 0 Å². The Hall–Kier alpha value is -6.84. The van der Waals surface area contributed by atoms with E-state index in [4.69, 9.17) is 8.83 Å². The lowest BCUT2D eigenvalue weighted by atomic mass is 9.96. The van der Waals surface area contributed by atoms with Gasteiger partial charge in [-0.15, -0.1) is 0 Å². The van der Waals surface area contributed by atoms with Gasteiger partial charge in [-0.25, -0.2) is 0 Å². The van der Waals surface area contributed by atoms with Gasteiger partial charge in [-0.2, -0.15) is 0 Å². The molecule has 0 saturated heterocycles. The van der Waals surface area contributed by atoms with Gasteiger partial charge in [-0.1, -0.05) is 103 Å². The van der Waals surface area contributed by atoms with E-state index in [1.54, 1.807) is 0 Å². The predicted molar refractivity (Wildman–Crippen MR) is 212 cm³/mol. The van der Waals surface area contributed by atoms with Gasteiger partial charge in [-0.3, -0.25) is 0 Å². The molecule has 0 amide bonds. The fraction of sp³-hybridized carbons (Fsp3) is 0. The molecule has 51 heavy (non-hydrogen) atoms. The SMILES string of the molecule is c1ccc(-c2ccc3oc4ccc(-c5cccc(-c6ccc7oc8ccc(-n9c%10ccccc%10c%10ccccc%109)cc8c7c6)c5)cc4c3c2)cc1. The van der Waals surface area contributed by atoms with E-state index < -0.39 is 0 Å². The number of hydrogen-bond donors (Lipinski definition) is 0. The summed E-state index contributed by atoms with van der Waals surface area (Å²) in [6, 6.07) is 62.6. The average Bonchev–Trinajstić information content (AvgIpc) is 3.86. The molecule has 3 nitrogen and oxygen atoms in total. The summed E-state index contributed by atoms with van der Waals surface area (Å²) in [4.78, 5) is 0. The smallest absolute Gasteiger partial charge is 0.135 e. The Kier molecular flexibility index (Phi) is 5.96. The first kappa shape index (κ1) is 28.0. The van der Waals surface area contributed by atoms with E-state index >= 15 is 0 Å². The van der Waals surface area contributed by atoms with Crippen LogP contribution in [-0.4, -0.2) is 4.57 Å². The van der Waals surface area contributed by atoms with E-state index in [0.29, 0.717) is 0 Å². The number of furan rings is 2. The molecule has 0 fully saturated rings. The summed E-state index contributed by atoms with van der Waals surface area (Å²) in [6.45, 7) is 0. The monoisotopic (exact) mass is 651 g/mol. The Morgan fingerprint density at radius 2 is 0.686 bits per heavy atom. The highest BCUT2D eigenvalue weighted by atomic mass is 16.3. The van der Waals surface area contributed by atoms with Crippen LogP contribution in [0.15, 0.2) is 185 Å². The molecular formula is C48H29NO2. The fourth-order valence-electron chi connectivity index (χ4n) is 7.93. The molecule has 11 aromatic rings. The minimum atomic E-state index is 0.886. The second-order valence-electron chi connectivity index (χ2n) is 13.3. The van der Waals surface area contributed by atoms with Crippen LogP contribution in [0.5, 0.6) is 0 Å².